The first-order valence-electron chi connectivity index (χ1n) is 6.04. The molecule has 4 nitrogen and oxygen atoms in total. The molecule has 0 saturated carbocycles. The van der Waals surface area contributed by atoms with E-state index < -0.39 is 0 Å². The van der Waals surface area contributed by atoms with Gasteiger partial charge in [-0.25, -0.2) is 9.97 Å². The molecule has 2 heterocycles. The molecule has 2 aromatic heterocycles. The molecule has 0 bridgehead atoms. The maximum atomic E-state index is 6.14. The number of anilines is 1. The van der Waals surface area contributed by atoms with E-state index in [1.807, 2.05) is 30.3 Å². The highest BCUT2D eigenvalue weighted by Gasteiger charge is 2.06. The van der Waals surface area contributed by atoms with E-state index in [0.29, 0.717) is 12.4 Å². The zero-order valence-corrected chi connectivity index (χ0v) is 12.3. The summed E-state index contributed by atoms with van der Waals surface area (Å²) in [6, 6.07) is 9.57. The summed E-state index contributed by atoms with van der Waals surface area (Å²) in [7, 11) is 1.61. The van der Waals surface area contributed by atoms with Gasteiger partial charge in [0.25, 0.3) is 0 Å². The number of fused-ring (bicyclic) bond motifs is 1. The van der Waals surface area contributed by atoms with E-state index in [9.17, 15) is 0 Å². The number of halogens is 1. The minimum atomic E-state index is 0.608. The maximum Gasteiger partial charge on any atom is 0.213 e. The van der Waals surface area contributed by atoms with Crippen LogP contribution in [0.1, 0.15) is 5.56 Å². The quantitative estimate of drug-likeness (QED) is 0.792. The smallest absolute Gasteiger partial charge is 0.213 e. The van der Waals surface area contributed by atoms with Crippen LogP contribution in [0.4, 0.5) is 5.13 Å². The number of hydrogen-bond acceptors (Lipinski definition) is 5. The molecule has 3 aromatic rings. The lowest BCUT2D eigenvalue weighted by atomic mass is 10.3. The summed E-state index contributed by atoms with van der Waals surface area (Å²) in [6.45, 7) is 0.663. The number of aromatic nitrogens is 2. The molecule has 1 N–H and O–H groups in total. The zero-order valence-electron chi connectivity index (χ0n) is 10.8. The van der Waals surface area contributed by atoms with E-state index in [0.717, 1.165) is 25.9 Å². The van der Waals surface area contributed by atoms with Gasteiger partial charge >= 0.3 is 0 Å². The Morgan fingerprint density at radius 1 is 1.35 bits per heavy atom. The molecule has 0 aliphatic rings. The molecule has 0 radical (unpaired) electrons. The third-order valence-corrected chi connectivity index (χ3v) is 4.31. The Labute approximate surface area is 125 Å². The van der Waals surface area contributed by atoms with Gasteiger partial charge in [0.05, 0.1) is 22.3 Å². The summed E-state index contributed by atoms with van der Waals surface area (Å²) < 4.78 is 6.10. The summed E-state index contributed by atoms with van der Waals surface area (Å²) >= 11 is 7.70. The molecule has 0 aliphatic heterocycles. The first-order chi connectivity index (χ1) is 9.76. The maximum absolute atomic E-state index is 6.14. The highest BCUT2D eigenvalue weighted by Crippen LogP contribution is 2.31. The normalized spacial score (nSPS) is 10.7. The monoisotopic (exact) mass is 305 g/mol. The van der Waals surface area contributed by atoms with Crippen LogP contribution in [0.3, 0.4) is 0 Å². The summed E-state index contributed by atoms with van der Waals surface area (Å²) in [5.74, 6) is 0.608. The molecular weight excluding hydrogens is 294 g/mol. The average molecular weight is 306 g/mol. The standard InChI is InChI=1S/C14H12ClN3OS/c1-19-12-7-9(5-6-16-12)8-17-14-18-11-4-2-3-10(15)13(11)20-14/h2-7H,8H2,1H3,(H,17,18). The van der Waals surface area contributed by atoms with E-state index in [1.54, 1.807) is 24.6 Å². The van der Waals surface area contributed by atoms with Crippen LogP contribution in [0.25, 0.3) is 10.2 Å². The van der Waals surface area contributed by atoms with Crippen LogP contribution >= 0.6 is 22.9 Å². The minimum Gasteiger partial charge on any atom is -0.481 e. The fraction of sp³-hybridized carbons (Fsp3) is 0.143. The topological polar surface area (TPSA) is 47.0 Å². The van der Waals surface area contributed by atoms with E-state index in [2.05, 4.69) is 15.3 Å². The molecule has 6 heteroatoms. The average Bonchev–Trinajstić information content (AvgIpc) is 2.90. The van der Waals surface area contributed by atoms with Crippen LogP contribution in [0.5, 0.6) is 5.88 Å². The number of nitrogens with zero attached hydrogens (tertiary/aromatic N) is 2. The fourth-order valence-corrected chi connectivity index (χ4v) is 2.99. The zero-order chi connectivity index (χ0) is 13.9. The Morgan fingerprint density at radius 2 is 2.25 bits per heavy atom. The fourth-order valence-electron chi connectivity index (χ4n) is 1.84. The van der Waals surface area contributed by atoms with Crippen molar-refractivity contribution < 1.29 is 4.74 Å². The minimum absolute atomic E-state index is 0.608. The van der Waals surface area contributed by atoms with Crippen LogP contribution in [-0.2, 0) is 6.54 Å². The Kier molecular flexibility index (Phi) is 3.71. The van der Waals surface area contributed by atoms with Crippen molar-refractivity contribution in [2.75, 3.05) is 12.4 Å². The molecular formula is C14H12ClN3OS. The van der Waals surface area contributed by atoms with Crippen molar-refractivity contribution in [2.45, 2.75) is 6.54 Å². The van der Waals surface area contributed by atoms with Crippen molar-refractivity contribution in [3.8, 4) is 5.88 Å². The second-order valence-electron chi connectivity index (χ2n) is 4.17. The van der Waals surface area contributed by atoms with Gasteiger partial charge < -0.3 is 10.1 Å². The highest BCUT2D eigenvalue weighted by atomic mass is 35.5. The molecule has 0 aliphatic carbocycles. The molecule has 1 aromatic carbocycles. The number of ether oxygens (including phenoxy) is 1. The van der Waals surface area contributed by atoms with Gasteiger partial charge in [0.2, 0.25) is 5.88 Å². The molecule has 0 fully saturated rings. The van der Waals surface area contributed by atoms with E-state index >= 15 is 0 Å². The lowest BCUT2D eigenvalue weighted by Crippen LogP contribution is -1.99. The van der Waals surface area contributed by atoms with Gasteiger partial charge in [-0.05, 0) is 23.8 Å². The molecule has 0 saturated heterocycles. The molecule has 0 atom stereocenters. The predicted molar refractivity (Wildman–Crippen MR) is 82.7 cm³/mol. The van der Waals surface area contributed by atoms with Crippen molar-refractivity contribution in [2.24, 2.45) is 0 Å². The summed E-state index contributed by atoms with van der Waals surface area (Å²) in [5, 5.41) is 4.88. The number of methoxy groups -OCH3 is 1. The van der Waals surface area contributed by atoms with Crippen LogP contribution in [0, 0.1) is 0 Å². The largest absolute Gasteiger partial charge is 0.481 e. The molecule has 0 spiro atoms. The summed E-state index contributed by atoms with van der Waals surface area (Å²) in [5.41, 5.74) is 2.00. The number of nitrogens with one attached hydrogen (secondary N) is 1. The van der Waals surface area contributed by atoms with Gasteiger partial charge in [-0.15, -0.1) is 0 Å². The third kappa shape index (κ3) is 2.69. The number of hydrogen-bond donors (Lipinski definition) is 1. The van der Waals surface area contributed by atoms with Gasteiger partial charge in [-0.1, -0.05) is 29.0 Å². The van der Waals surface area contributed by atoms with Gasteiger partial charge in [-0.2, -0.15) is 0 Å². The molecule has 3 rings (SSSR count). The Balaban J connectivity index is 1.78. The number of thiazole rings is 1. The number of pyridine rings is 1. The van der Waals surface area contributed by atoms with Crippen LogP contribution in [0.2, 0.25) is 5.02 Å². The number of benzene rings is 1. The van der Waals surface area contributed by atoms with Crippen LogP contribution < -0.4 is 10.1 Å². The first kappa shape index (κ1) is 13.1. The molecule has 102 valence electrons. The van der Waals surface area contributed by atoms with E-state index in [-0.39, 0.29) is 0 Å². The third-order valence-electron chi connectivity index (χ3n) is 2.82. The lowest BCUT2D eigenvalue weighted by molar-refractivity contribution is 0.397. The number of rotatable bonds is 4. The summed E-state index contributed by atoms with van der Waals surface area (Å²) in [6.07, 6.45) is 1.73. The highest BCUT2D eigenvalue weighted by molar-refractivity contribution is 7.22. The van der Waals surface area contributed by atoms with Gasteiger partial charge in [0.1, 0.15) is 0 Å². The van der Waals surface area contributed by atoms with Crippen molar-refractivity contribution in [1.82, 2.24) is 9.97 Å². The first-order valence-corrected chi connectivity index (χ1v) is 7.23. The van der Waals surface area contributed by atoms with Crippen LogP contribution in [-0.4, -0.2) is 17.1 Å². The Bertz CT molecular complexity index is 744. The van der Waals surface area contributed by atoms with E-state index in [1.165, 1.54) is 0 Å². The molecule has 0 amide bonds. The summed E-state index contributed by atoms with van der Waals surface area (Å²) in [4.78, 5) is 8.59. The predicted octanol–water partition coefficient (Wildman–Crippen LogP) is 3.97. The SMILES string of the molecule is COc1cc(CNc2nc3cccc(Cl)c3s2)ccn1. The van der Waals surface area contributed by atoms with Gasteiger partial charge in [0, 0.05) is 18.8 Å². The van der Waals surface area contributed by atoms with E-state index in [4.69, 9.17) is 16.3 Å². The Hall–Kier alpha value is -1.85. The second-order valence-corrected chi connectivity index (χ2v) is 5.57. The Morgan fingerprint density at radius 3 is 3.05 bits per heavy atom. The van der Waals surface area contributed by atoms with Gasteiger partial charge in [0.15, 0.2) is 5.13 Å². The lowest BCUT2D eigenvalue weighted by Gasteiger charge is -2.04. The van der Waals surface area contributed by atoms with Gasteiger partial charge in [-0.3, -0.25) is 0 Å². The van der Waals surface area contributed by atoms with Crippen molar-refractivity contribution >= 4 is 38.3 Å². The second kappa shape index (κ2) is 5.64. The molecule has 0 unspecified atom stereocenters. The van der Waals surface area contributed by atoms with Crippen molar-refractivity contribution in [1.29, 1.82) is 0 Å². The van der Waals surface area contributed by atoms with Crippen molar-refractivity contribution in [3.63, 3.8) is 0 Å². The molecule has 20 heavy (non-hydrogen) atoms. The van der Waals surface area contributed by atoms with Crippen molar-refractivity contribution in [3.05, 3.63) is 47.1 Å². The van der Waals surface area contributed by atoms with Crippen LogP contribution in [0.15, 0.2) is 36.5 Å².